The van der Waals surface area contributed by atoms with Crippen molar-refractivity contribution in [2.75, 3.05) is 11.6 Å². The quantitative estimate of drug-likeness (QED) is 0.901. The highest BCUT2D eigenvalue weighted by Gasteiger charge is 2.09. The number of benzene rings is 2. The molecule has 0 fully saturated rings. The van der Waals surface area contributed by atoms with Gasteiger partial charge in [-0.1, -0.05) is 34.1 Å². The van der Waals surface area contributed by atoms with Crippen LogP contribution in [0.25, 0.3) is 0 Å². The van der Waals surface area contributed by atoms with Gasteiger partial charge in [0.25, 0.3) is 5.91 Å². The maximum Gasteiger partial charge on any atom is 0.255 e. The van der Waals surface area contributed by atoms with Crippen molar-refractivity contribution in [1.82, 2.24) is 0 Å². The Labute approximate surface area is 132 Å². The van der Waals surface area contributed by atoms with Crippen LogP contribution in [0.2, 0.25) is 0 Å². The van der Waals surface area contributed by atoms with Crippen molar-refractivity contribution in [1.29, 1.82) is 0 Å². The van der Waals surface area contributed by atoms with Crippen LogP contribution >= 0.6 is 15.9 Å². The SMILES string of the molecule is CS(=O)(=O)Cc1cccc(C(=O)Nc2cccc(Br)c2)c1. The number of anilines is 1. The van der Waals surface area contributed by atoms with Crippen LogP contribution in [-0.4, -0.2) is 20.6 Å². The number of sulfone groups is 1. The molecule has 110 valence electrons. The van der Waals surface area contributed by atoms with E-state index in [0.717, 1.165) is 4.47 Å². The molecule has 4 nitrogen and oxygen atoms in total. The van der Waals surface area contributed by atoms with Gasteiger partial charge in [-0.25, -0.2) is 8.42 Å². The number of nitrogens with one attached hydrogen (secondary N) is 1. The summed E-state index contributed by atoms with van der Waals surface area (Å²) in [5.74, 6) is -0.353. The van der Waals surface area contributed by atoms with Gasteiger partial charge < -0.3 is 5.32 Å². The molecule has 0 spiro atoms. The van der Waals surface area contributed by atoms with Gasteiger partial charge in [0.2, 0.25) is 0 Å². The molecule has 0 aliphatic heterocycles. The predicted octanol–water partition coefficient (Wildman–Crippen LogP) is 3.25. The summed E-state index contributed by atoms with van der Waals surface area (Å²) in [5.41, 5.74) is 1.69. The van der Waals surface area contributed by atoms with Crippen LogP contribution < -0.4 is 5.32 Å². The van der Waals surface area contributed by atoms with Crippen molar-refractivity contribution < 1.29 is 13.2 Å². The minimum absolute atomic E-state index is 0.0784. The third-order valence-corrected chi connectivity index (χ3v) is 4.05. The summed E-state index contributed by atoms with van der Waals surface area (Å²) in [4.78, 5) is 12.2. The molecule has 0 heterocycles. The summed E-state index contributed by atoms with van der Waals surface area (Å²) in [6.07, 6.45) is 1.17. The molecule has 21 heavy (non-hydrogen) atoms. The highest BCUT2D eigenvalue weighted by molar-refractivity contribution is 9.10. The van der Waals surface area contributed by atoms with Gasteiger partial charge in [0.15, 0.2) is 9.84 Å². The van der Waals surface area contributed by atoms with E-state index in [0.29, 0.717) is 16.8 Å². The molecule has 0 bridgehead atoms. The maximum absolute atomic E-state index is 12.2. The highest BCUT2D eigenvalue weighted by atomic mass is 79.9. The Kier molecular flexibility index (Phi) is 4.80. The summed E-state index contributed by atoms with van der Waals surface area (Å²) >= 11 is 3.33. The van der Waals surface area contributed by atoms with Crippen molar-refractivity contribution in [3.63, 3.8) is 0 Å². The fourth-order valence-electron chi connectivity index (χ4n) is 1.87. The number of hydrogen-bond acceptors (Lipinski definition) is 3. The van der Waals surface area contributed by atoms with E-state index < -0.39 is 9.84 Å². The van der Waals surface area contributed by atoms with E-state index in [1.807, 2.05) is 12.1 Å². The van der Waals surface area contributed by atoms with Crippen LogP contribution in [-0.2, 0) is 15.6 Å². The minimum atomic E-state index is -3.12. The Morgan fingerprint density at radius 2 is 1.86 bits per heavy atom. The first-order chi connectivity index (χ1) is 9.83. The van der Waals surface area contributed by atoms with Gasteiger partial charge in [0.1, 0.15) is 0 Å². The second kappa shape index (κ2) is 6.41. The number of rotatable bonds is 4. The predicted molar refractivity (Wildman–Crippen MR) is 87.1 cm³/mol. The molecule has 0 aromatic heterocycles. The number of carbonyl (C=O) groups is 1. The first-order valence-electron chi connectivity index (χ1n) is 6.17. The molecule has 2 rings (SSSR count). The maximum atomic E-state index is 12.2. The highest BCUT2D eigenvalue weighted by Crippen LogP contribution is 2.17. The fourth-order valence-corrected chi connectivity index (χ4v) is 3.06. The average molecular weight is 368 g/mol. The third-order valence-electron chi connectivity index (χ3n) is 2.70. The van der Waals surface area contributed by atoms with E-state index in [4.69, 9.17) is 0 Å². The average Bonchev–Trinajstić information content (AvgIpc) is 2.37. The van der Waals surface area contributed by atoms with E-state index in [-0.39, 0.29) is 11.7 Å². The molecular weight excluding hydrogens is 354 g/mol. The molecule has 0 radical (unpaired) electrons. The first-order valence-corrected chi connectivity index (χ1v) is 9.02. The summed E-state index contributed by atoms with van der Waals surface area (Å²) in [7, 11) is -3.12. The fraction of sp³-hybridized carbons (Fsp3) is 0.133. The number of carbonyl (C=O) groups excluding carboxylic acids is 1. The molecule has 0 aliphatic rings. The van der Waals surface area contributed by atoms with Crippen molar-refractivity contribution in [2.24, 2.45) is 0 Å². The number of halogens is 1. The van der Waals surface area contributed by atoms with Crippen LogP contribution in [0.5, 0.6) is 0 Å². The zero-order valence-electron chi connectivity index (χ0n) is 11.3. The molecule has 1 N–H and O–H groups in total. The lowest BCUT2D eigenvalue weighted by molar-refractivity contribution is 0.102. The van der Waals surface area contributed by atoms with Gasteiger partial charge in [0, 0.05) is 22.0 Å². The summed E-state index contributed by atoms with van der Waals surface area (Å²) < 4.78 is 23.5. The van der Waals surface area contributed by atoms with Crippen LogP contribution in [0.15, 0.2) is 53.0 Å². The Bertz CT molecular complexity index is 772. The van der Waals surface area contributed by atoms with E-state index in [1.165, 1.54) is 6.26 Å². The molecule has 2 aromatic carbocycles. The van der Waals surface area contributed by atoms with Gasteiger partial charge in [-0.15, -0.1) is 0 Å². The Hall–Kier alpha value is -1.66. The molecule has 0 aliphatic carbocycles. The Morgan fingerprint density at radius 3 is 2.52 bits per heavy atom. The minimum Gasteiger partial charge on any atom is -0.322 e. The normalized spacial score (nSPS) is 11.1. The topological polar surface area (TPSA) is 63.2 Å². The number of hydrogen-bond donors (Lipinski definition) is 1. The summed E-state index contributed by atoms with van der Waals surface area (Å²) in [5, 5.41) is 2.77. The van der Waals surface area contributed by atoms with Gasteiger partial charge in [0.05, 0.1) is 5.75 Å². The van der Waals surface area contributed by atoms with E-state index in [1.54, 1.807) is 36.4 Å². The lowest BCUT2D eigenvalue weighted by Crippen LogP contribution is -2.12. The van der Waals surface area contributed by atoms with Crippen LogP contribution in [0.3, 0.4) is 0 Å². The van der Waals surface area contributed by atoms with Crippen LogP contribution in [0.1, 0.15) is 15.9 Å². The molecular formula is C15H14BrNO3S. The zero-order valence-corrected chi connectivity index (χ0v) is 13.7. The van der Waals surface area contributed by atoms with E-state index >= 15 is 0 Å². The molecule has 1 amide bonds. The van der Waals surface area contributed by atoms with Crippen molar-refractivity contribution in [2.45, 2.75) is 5.75 Å². The summed E-state index contributed by atoms with van der Waals surface area (Å²) in [6, 6.07) is 13.9. The Morgan fingerprint density at radius 1 is 1.14 bits per heavy atom. The second-order valence-corrected chi connectivity index (χ2v) is 7.79. The molecule has 0 unspecified atom stereocenters. The van der Waals surface area contributed by atoms with E-state index in [2.05, 4.69) is 21.2 Å². The Balaban J connectivity index is 2.18. The number of amides is 1. The largest absolute Gasteiger partial charge is 0.322 e. The molecule has 0 saturated carbocycles. The smallest absolute Gasteiger partial charge is 0.255 e. The zero-order chi connectivity index (χ0) is 15.5. The molecule has 2 aromatic rings. The van der Waals surface area contributed by atoms with Crippen molar-refractivity contribution in [3.05, 3.63) is 64.1 Å². The third kappa shape index (κ3) is 4.99. The van der Waals surface area contributed by atoms with E-state index in [9.17, 15) is 13.2 Å². The lowest BCUT2D eigenvalue weighted by atomic mass is 10.1. The second-order valence-electron chi connectivity index (χ2n) is 4.73. The van der Waals surface area contributed by atoms with Gasteiger partial charge in [-0.05, 0) is 35.9 Å². The van der Waals surface area contributed by atoms with Crippen LogP contribution in [0, 0.1) is 0 Å². The lowest BCUT2D eigenvalue weighted by Gasteiger charge is -2.07. The van der Waals surface area contributed by atoms with Crippen molar-refractivity contribution >= 4 is 37.4 Å². The van der Waals surface area contributed by atoms with Gasteiger partial charge in [-0.2, -0.15) is 0 Å². The monoisotopic (exact) mass is 367 g/mol. The molecule has 0 atom stereocenters. The van der Waals surface area contributed by atoms with Crippen LogP contribution in [0.4, 0.5) is 5.69 Å². The van der Waals surface area contributed by atoms with Gasteiger partial charge >= 0.3 is 0 Å². The van der Waals surface area contributed by atoms with Gasteiger partial charge in [-0.3, -0.25) is 4.79 Å². The standard InChI is InChI=1S/C15H14BrNO3S/c1-21(19,20)10-11-4-2-5-12(8-11)15(18)17-14-7-3-6-13(16)9-14/h2-9H,10H2,1H3,(H,17,18). The first kappa shape index (κ1) is 15.7. The molecule has 0 saturated heterocycles. The van der Waals surface area contributed by atoms with Crippen molar-refractivity contribution in [3.8, 4) is 0 Å². The molecule has 6 heteroatoms. The summed E-state index contributed by atoms with van der Waals surface area (Å²) in [6.45, 7) is 0.